The molecule has 9 heteroatoms. The van der Waals surface area contributed by atoms with Crippen molar-refractivity contribution in [1.82, 2.24) is 25.3 Å². The number of para-hydroxylation sites is 1. The summed E-state index contributed by atoms with van der Waals surface area (Å²) in [6.07, 6.45) is 7.19. The summed E-state index contributed by atoms with van der Waals surface area (Å²) in [6, 6.07) is 15.3. The van der Waals surface area contributed by atoms with E-state index < -0.39 is 0 Å². The Kier molecular flexibility index (Phi) is 6.08. The number of pyridine rings is 1. The molecule has 33 heavy (non-hydrogen) atoms. The third-order valence-corrected chi connectivity index (χ3v) is 6.04. The number of fused-ring (bicyclic) bond motifs is 1. The van der Waals surface area contributed by atoms with Gasteiger partial charge in [-0.2, -0.15) is 0 Å². The number of urea groups is 1. The third kappa shape index (κ3) is 5.06. The van der Waals surface area contributed by atoms with Crippen LogP contribution in [0.2, 0.25) is 5.15 Å². The predicted octanol–water partition coefficient (Wildman–Crippen LogP) is 5.22. The minimum Gasteiger partial charge on any atom is -0.351 e. The maximum absolute atomic E-state index is 12.3. The van der Waals surface area contributed by atoms with Gasteiger partial charge < -0.3 is 20.9 Å². The number of hydrogen-bond acceptors (Lipinski definition) is 5. The molecule has 5 rings (SSSR count). The summed E-state index contributed by atoms with van der Waals surface area (Å²) in [5, 5.41) is 10.7. The lowest BCUT2D eigenvalue weighted by atomic mass is 9.91. The smallest absolute Gasteiger partial charge is 0.319 e. The summed E-state index contributed by atoms with van der Waals surface area (Å²) in [5.74, 6) is 0.508. The van der Waals surface area contributed by atoms with Crippen LogP contribution in [-0.2, 0) is 0 Å². The largest absolute Gasteiger partial charge is 0.351 e. The van der Waals surface area contributed by atoms with Crippen LogP contribution in [0.5, 0.6) is 0 Å². The van der Waals surface area contributed by atoms with Crippen molar-refractivity contribution in [2.45, 2.75) is 37.8 Å². The monoisotopic (exact) mass is 461 g/mol. The molecule has 1 aliphatic carbocycles. The molecule has 0 bridgehead atoms. The van der Waals surface area contributed by atoms with Crippen LogP contribution in [0.4, 0.5) is 16.4 Å². The highest BCUT2D eigenvalue weighted by Crippen LogP contribution is 2.29. The van der Waals surface area contributed by atoms with Gasteiger partial charge in [0.25, 0.3) is 0 Å². The molecule has 1 aliphatic rings. The number of aromatic nitrogens is 4. The quantitative estimate of drug-likeness (QED) is 0.305. The normalized spacial score (nSPS) is 18.1. The molecule has 0 atom stereocenters. The van der Waals surface area contributed by atoms with Crippen molar-refractivity contribution >= 4 is 40.3 Å². The van der Waals surface area contributed by atoms with Gasteiger partial charge in [0, 0.05) is 47.2 Å². The Morgan fingerprint density at radius 1 is 1.00 bits per heavy atom. The summed E-state index contributed by atoms with van der Waals surface area (Å²) in [6.45, 7) is 0. The Morgan fingerprint density at radius 3 is 2.61 bits per heavy atom. The lowest BCUT2D eigenvalue weighted by molar-refractivity contribution is 0.243. The average Bonchev–Trinajstić information content (AvgIpc) is 3.25. The van der Waals surface area contributed by atoms with E-state index in [1.807, 2.05) is 48.7 Å². The molecule has 4 N–H and O–H groups in total. The van der Waals surface area contributed by atoms with E-state index in [-0.39, 0.29) is 18.1 Å². The summed E-state index contributed by atoms with van der Waals surface area (Å²) in [7, 11) is 0. The number of benzene rings is 1. The second-order valence-electron chi connectivity index (χ2n) is 8.16. The summed E-state index contributed by atoms with van der Waals surface area (Å²) in [4.78, 5) is 28.8. The number of anilines is 2. The van der Waals surface area contributed by atoms with E-state index in [0.29, 0.717) is 11.1 Å². The molecule has 0 spiro atoms. The van der Waals surface area contributed by atoms with E-state index in [9.17, 15) is 4.79 Å². The lowest BCUT2D eigenvalue weighted by Gasteiger charge is -2.29. The molecule has 3 aromatic heterocycles. The van der Waals surface area contributed by atoms with Gasteiger partial charge >= 0.3 is 6.03 Å². The van der Waals surface area contributed by atoms with Crippen molar-refractivity contribution in [2.75, 3.05) is 10.6 Å². The molecule has 1 fully saturated rings. The van der Waals surface area contributed by atoms with Gasteiger partial charge in [-0.25, -0.2) is 19.7 Å². The van der Waals surface area contributed by atoms with Gasteiger partial charge in [-0.1, -0.05) is 29.8 Å². The third-order valence-electron chi connectivity index (χ3n) is 5.85. The van der Waals surface area contributed by atoms with Crippen LogP contribution in [0.1, 0.15) is 25.7 Å². The van der Waals surface area contributed by atoms with Gasteiger partial charge in [0.05, 0.1) is 5.69 Å². The van der Waals surface area contributed by atoms with Crippen LogP contribution in [0, 0.1) is 0 Å². The number of nitrogens with one attached hydrogen (secondary N) is 4. The Bertz CT molecular complexity index is 1250. The first-order chi connectivity index (χ1) is 16.1. The van der Waals surface area contributed by atoms with Crippen molar-refractivity contribution in [3.8, 4) is 11.3 Å². The summed E-state index contributed by atoms with van der Waals surface area (Å²) >= 11 is 6.31. The van der Waals surface area contributed by atoms with Crippen LogP contribution in [-0.4, -0.2) is 38.1 Å². The zero-order chi connectivity index (χ0) is 22.6. The molecule has 0 saturated heterocycles. The van der Waals surface area contributed by atoms with Crippen molar-refractivity contribution in [3.63, 3.8) is 0 Å². The zero-order valence-electron chi connectivity index (χ0n) is 17.9. The van der Waals surface area contributed by atoms with E-state index in [1.165, 1.54) is 0 Å². The molecule has 0 radical (unpaired) electrons. The Morgan fingerprint density at radius 2 is 1.79 bits per heavy atom. The van der Waals surface area contributed by atoms with E-state index in [1.54, 1.807) is 12.3 Å². The van der Waals surface area contributed by atoms with E-state index >= 15 is 0 Å². The van der Waals surface area contributed by atoms with Crippen LogP contribution in [0.3, 0.4) is 0 Å². The standard InChI is InChI=1S/C24H24ClN7O/c25-21-13-20(19-14-27-22-18(19)7-4-12-26-22)31-23(32-21)28-16-8-10-17(11-9-16)30-24(33)29-15-5-2-1-3-6-15/h1-7,12-14,16-17H,8-11H2,(H,26,27)(H,28,31,32)(H2,29,30,33)/t16-,17-. The maximum Gasteiger partial charge on any atom is 0.319 e. The van der Waals surface area contributed by atoms with Crippen LogP contribution >= 0.6 is 11.6 Å². The Labute approximate surface area is 196 Å². The molecule has 1 aromatic carbocycles. The first-order valence-electron chi connectivity index (χ1n) is 11.0. The SMILES string of the molecule is O=C(Nc1ccccc1)N[C@H]1CC[C@H](Nc2nc(Cl)cc(-c3c[nH]c4ncccc34)n2)CC1. The first kappa shape index (κ1) is 21.2. The fourth-order valence-corrected chi connectivity index (χ4v) is 4.41. The number of nitrogens with zero attached hydrogens (tertiary/aromatic N) is 3. The number of hydrogen-bond donors (Lipinski definition) is 4. The van der Waals surface area contributed by atoms with E-state index in [2.05, 4.69) is 30.9 Å². The number of halogens is 1. The highest BCUT2D eigenvalue weighted by atomic mass is 35.5. The molecule has 0 unspecified atom stereocenters. The summed E-state index contributed by atoms with van der Waals surface area (Å²) in [5.41, 5.74) is 3.26. The molecular formula is C24H24ClN7O. The number of H-pyrrole nitrogens is 1. The number of carbonyl (C=O) groups excluding carboxylic acids is 1. The zero-order valence-corrected chi connectivity index (χ0v) is 18.6. The van der Waals surface area contributed by atoms with Crippen LogP contribution < -0.4 is 16.0 Å². The number of amides is 2. The van der Waals surface area contributed by atoms with Crippen molar-refractivity contribution in [2.24, 2.45) is 0 Å². The fraction of sp³-hybridized carbons (Fsp3) is 0.250. The van der Waals surface area contributed by atoms with Gasteiger partial charge in [0.1, 0.15) is 10.8 Å². The second kappa shape index (κ2) is 9.46. The van der Waals surface area contributed by atoms with Gasteiger partial charge in [-0.15, -0.1) is 0 Å². The number of carbonyl (C=O) groups is 1. The molecule has 168 valence electrons. The highest BCUT2D eigenvalue weighted by Gasteiger charge is 2.23. The predicted molar refractivity (Wildman–Crippen MR) is 130 cm³/mol. The van der Waals surface area contributed by atoms with Gasteiger partial charge in [-0.05, 0) is 49.9 Å². The number of rotatable bonds is 5. The minimum atomic E-state index is -0.173. The van der Waals surface area contributed by atoms with Crippen molar-refractivity contribution in [1.29, 1.82) is 0 Å². The molecule has 8 nitrogen and oxygen atoms in total. The van der Waals surface area contributed by atoms with Crippen LogP contribution in [0.15, 0.2) is 60.9 Å². The second-order valence-corrected chi connectivity index (χ2v) is 8.55. The highest BCUT2D eigenvalue weighted by molar-refractivity contribution is 6.29. The van der Waals surface area contributed by atoms with E-state index in [4.69, 9.17) is 16.6 Å². The molecular weight excluding hydrogens is 438 g/mol. The van der Waals surface area contributed by atoms with Gasteiger partial charge in [0.2, 0.25) is 5.95 Å². The van der Waals surface area contributed by atoms with Crippen LogP contribution in [0.25, 0.3) is 22.3 Å². The minimum absolute atomic E-state index is 0.140. The average molecular weight is 462 g/mol. The topological polar surface area (TPSA) is 108 Å². The molecule has 4 aromatic rings. The summed E-state index contributed by atoms with van der Waals surface area (Å²) < 4.78 is 0. The van der Waals surface area contributed by atoms with E-state index in [0.717, 1.165) is 53.7 Å². The van der Waals surface area contributed by atoms with Crippen molar-refractivity contribution < 1.29 is 4.79 Å². The molecule has 1 saturated carbocycles. The molecule has 3 heterocycles. The molecule has 0 aliphatic heterocycles. The first-order valence-corrected chi connectivity index (χ1v) is 11.4. The van der Waals surface area contributed by atoms with Crippen molar-refractivity contribution in [3.05, 3.63) is 66.1 Å². The Balaban J connectivity index is 1.19. The molecule has 2 amide bonds. The number of aromatic amines is 1. The van der Waals surface area contributed by atoms with Gasteiger partial charge in [0.15, 0.2) is 0 Å². The fourth-order valence-electron chi connectivity index (χ4n) is 4.23. The Hall–Kier alpha value is -3.65. The maximum atomic E-state index is 12.3. The lowest BCUT2D eigenvalue weighted by Crippen LogP contribution is -2.42. The van der Waals surface area contributed by atoms with Gasteiger partial charge in [-0.3, -0.25) is 0 Å².